The van der Waals surface area contributed by atoms with Crippen molar-refractivity contribution in [3.8, 4) is 11.3 Å². The number of rotatable bonds is 3. The maximum Gasteiger partial charge on any atom is 0.167 e. The molecule has 17 heavy (non-hydrogen) atoms. The first-order valence-electron chi connectivity index (χ1n) is 5.99. The molecule has 0 atom stereocenters. The second kappa shape index (κ2) is 4.45. The summed E-state index contributed by atoms with van der Waals surface area (Å²) in [4.78, 5) is 0. The van der Waals surface area contributed by atoms with E-state index in [-0.39, 0.29) is 0 Å². The molecule has 88 valence electrons. The van der Waals surface area contributed by atoms with Crippen molar-refractivity contribution in [2.75, 3.05) is 12.4 Å². The molecule has 1 saturated carbocycles. The molecule has 1 aromatic heterocycles. The molecule has 2 aromatic rings. The molecule has 0 amide bonds. The summed E-state index contributed by atoms with van der Waals surface area (Å²) in [6.45, 7) is 0. The lowest BCUT2D eigenvalue weighted by atomic mass is 9.80. The fraction of sp³-hybridized carbons (Fsp3) is 0.385. The number of hydrogen-bond donors (Lipinski definition) is 1. The third-order valence-corrected chi connectivity index (χ3v) is 4.01. The van der Waals surface area contributed by atoms with E-state index < -0.39 is 0 Å². The van der Waals surface area contributed by atoms with Crippen molar-refractivity contribution in [2.45, 2.75) is 25.2 Å². The monoisotopic (exact) mass is 245 g/mol. The lowest BCUT2D eigenvalue weighted by molar-refractivity contribution is 0.420. The van der Waals surface area contributed by atoms with Gasteiger partial charge in [0.05, 0.1) is 11.7 Å². The van der Waals surface area contributed by atoms with Gasteiger partial charge in [0.25, 0.3) is 0 Å². The molecule has 1 fully saturated rings. The molecule has 4 heteroatoms. The first-order chi connectivity index (χ1) is 8.38. The maximum absolute atomic E-state index is 4.33. The third-order valence-electron chi connectivity index (χ3n) is 3.49. The average Bonchev–Trinajstić information content (AvgIpc) is 2.76. The molecule has 1 aliphatic rings. The van der Waals surface area contributed by atoms with Crippen LogP contribution in [-0.2, 0) is 0 Å². The van der Waals surface area contributed by atoms with Crippen molar-refractivity contribution in [3.63, 3.8) is 0 Å². The van der Waals surface area contributed by atoms with Crippen molar-refractivity contribution < 1.29 is 0 Å². The van der Waals surface area contributed by atoms with Crippen molar-refractivity contribution in [3.05, 3.63) is 29.8 Å². The molecule has 0 radical (unpaired) electrons. The quantitative estimate of drug-likeness (QED) is 0.899. The van der Waals surface area contributed by atoms with Gasteiger partial charge >= 0.3 is 0 Å². The van der Waals surface area contributed by atoms with Crippen molar-refractivity contribution in [1.29, 1.82) is 0 Å². The molecule has 1 aliphatic carbocycles. The molecule has 3 rings (SSSR count). The zero-order valence-electron chi connectivity index (χ0n) is 9.81. The van der Waals surface area contributed by atoms with Gasteiger partial charge in [-0.05, 0) is 24.3 Å². The Balaban J connectivity index is 1.88. The van der Waals surface area contributed by atoms with Gasteiger partial charge < -0.3 is 5.32 Å². The third kappa shape index (κ3) is 1.93. The lowest BCUT2D eigenvalue weighted by Crippen LogP contribution is -2.08. The summed E-state index contributed by atoms with van der Waals surface area (Å²) in [7, 11) is 1.88. The van der Waals surface area contributed by atoms with Crippen molar-refractivity contribution in [1.82, 2.24) is 8.75 Å². The van der Waals surface area contributed by atoms with E-state index in [0.29, 0.717) is 0 Å². The van der Waals surface area contributed by atoms with Crippen LogP contribution in [-0.4, -0.2) is 15.8 Å². The van der Waals surface area contributed by atoms with E-state index in [1.54, 1.807) is 0 Å². The Morgan fingerprint density at radius 3 is 2.53 bits per heavy atom. The van der Waals surface area contributed by atoms with E-state index in [2.05, 4.69) is 38.3 Å². The Morgan fingerprint density at radius 2 is 1.94 bits per heavy atom. The maximum atomic E-state index is 4.33. The Bertz CT molecular complexity index is 500. The first kappa shape index (κ1) is 10.7. The molecule has 0 spiro atoms. The van der Waals surface area contributed by atoms with Crippen molar-refractivity contribution in [2.24, 2.45) is 0 Å². The van der Waals surface area contributed by atoms with Gasteiger partial charge in [-0.3, -0.25) is 0 Å². The van der Waals surface area contributed by atoms with Gasteiger partial charge in [0.2, 0.25) is 0 Å². The number of nitrogens with zero attached hydrogens (tertiary/aromatic N) is 2. The molecule has 0 saturated heterocycles. The van der Waals surface area contributed by atoms with E-state index in [4.69, 9.17) is 0 Å². The molecular formula is C13H15N3S. The van der Waals surface area contributed by atoms with Gasteiger partial charge in [0.15, 0.2) is 5.82 Å². The summed E-state index contributed by atoms with van der Waals surface area (Å²) >= 11 is 1.25. The first-order valence-corrected chi connectivity index (χ1v) is 6.72. The summed E-state index contributed by atoms with van der Waals surface area (Å²) in [6, 6.07) is 8.78. The van der Waals surface area contributed by atoms with E-state index in [1.807, 2.05) is 7.05 Å². The topological polar surface area (TPSA) is 37.8 Å². The number of nitrogens with one attached hydrogen (secondary N) is 1. The second-order valence-corrected chi connectivity index (χ2v) is 4.99. The van der Waals surface area contributed by atoms with E-state index >= 15 is 0 Å². The van der Waals surface area contributed by atoms with Crippen LogP contribution in [0.4, 0.5) is 5.82 Å². The van der Waals surface area contributed by atoms with E-state index in [9.17, 15) is 0 Å². The highest BCUT2D eigenvalue weighted by molar-refractivity contribution is 6.99. The SMILES string of the molecule is CNc1nsnc1-c1ccc(C2CCC2)cc1. The summed E-state index contributed by atoms with van der Waals surface area (Å²) in [5, 5.41) is 3.07. The minimum absolute atomic E-state index is 0.793. The molecule has 0 aliphatic heterocycles. The summed E-state index contributed by atoms with van der Waals surface area (Å²) < 4.78 is 8.55. The van der Waals surface area contributed by atoms with Crippen LogP contribution in [0.2, 0.25) is 0 Å². The average molecular weight is 245 g/mol. The minimum Gasteiger partial charge on any atom is -0.370 e. The van der Waals surface area contributed by atoms with Gasteiger partial charge in [0.1, 0.15) is 5.69 Å². The van der Waals surface area contributed by atoms with E-state index in [0.717, 1.165) is 23.0 Å². The summed E-state index contributed by atoms with van der Waals surface area (Å²) in [5.74, 6) is 1.66. The van der Waals surface area contributed by atoms with Crippen LogP contribution in [0, 0.1) is 0 Å². The van der Waals surface area contributed by atoms with Gasteiger partial charge in [0, 0.05) is 12.6 Å². The number of benzene rings is 1. The zero-order valence-corrected chi connectivity index (χ0v) is 10.6. The molecule has 1 N–H and O–H groups in total. The number of hydrogen-bond acceptors (Lipinski definition) is 4. The smallest absolute Gasteiger partial charge is 0.167 e. The van der Waals surface area contributed by atoms with Crippen molar-refractivity contribution >= 4 is 17.5 Å². The van der Waals surface area contributed by atoms with Crippen LogP contribution in [0.1, 0.15) is 30.7 Å². The predicted molar refractivity (Wildman–Crippen MR) is 71.5 cm³/mol. The van der Waals surface area contributed by atoms with Crippen LogP contribution >= 0.6 is 11.7 Å². The number of anilines is 1. The highest BCUT2D eigenvalue weighted by Gasteiger charge is 2.19. The lowest BCUT2D eigenvalue weighted by Gasteiger charge is -2.25. The van der Waals surface area contributed by atoms with Crippen LogP contribution < -0.4 is 5.32 Å². The van der Waals surface area contributed by atoms with E-state index in [1.165, 1.54) is 36.6 Å². The van der Waals surface area contributed by atoms with Crippen LogP contribution in [0.25, 0.3) is 11.3 Å². The summed E-state index contributed by atoms with van der Waals surface area (Å²) in [5.41, 5.74) is 3.57. The van der Waals surface area contributed by atoms with Crippen LogP contribution in [0.15, 0.2) is 24.3 Å². The normalized spacial score (nSPS) is 15.6. The van der Waals surface area contributed by atoms with Crippen LogP contribution in [0.3, 0.4) is 0 Å². The second-order valence-electron chi connectivity index (χ2n) is 4.46. The molecule has 1 heterocycles. The molecule has 3 nitrogen and oxygen atoms in total. The molecule has 0 bridgehead atoms. The molecule has 1 aromatic carbocycles. The molecular weight excluding hydrogens is 230 g/mol. The van der Waals surface area contributed by atoms with Gasteiger partial charge in [-0.1, -0.05) is 30.7 Å². The predicted octanol–water partition coefficient (Wildman–Crippen LogP) is 3.51. The Kier molecular flexibility index (Phi) is 2.81. The van der Waals surface area contributed by atoms with Crippen LogP contribution in [0.5, 0.6) is 0 Å². The fourth-order valence-electron chi connectivity index (χ4n) is 2.20. The summed E-state index contributed by atoms with van der Waals surface area (Å²) in [6.07, 6.45) is 4.07. The Morgan fingerprint density at radius 1 is 1.18 bits per heavy atom. The standard InChI is InChI=1S/C13H15N3S/c1-14-13-12(15-17-16-13)11-7-5-10(6-8-11)9-3-2-4-9/h5-9H,2-4H2,1H3,(H,14,16). The van der Waals surface area contributed by atoms with Gasteiger partial charge in [-0.25, -0.2) is 0 Å². The molecule has 0 unspecified atom stereocenters. The highest BCUT2D eigenvalue weighted by Crippen LogP contribution is 2.37. The zero-order chi connectivity index (χ0) is 11.7. The van der Waals surface area contributed by atoms with Gasteiger partial charge in [-0.15, -0.1) is 0 Å². The fourth-order valence-corrected chi connectivity index (χ4v) is 2.77. The van der Waals surface area contributed by atoms with Gasteiger partial charge in [-0.2, -0.15) is 8.75 Å². The Labute approximate surface area is 105 Å². The minimum atomic E-state index is 0.793. The number of aromatic nitrogens is 2. The highest BCUT2D eigenvalue weighted by atomic mass is 32.1. The largest absolute Gasteiger partial charge is 0.370 e. The Hall–Kier alpha value is -1.42.